The monoisotopic (exact) mass is 247 g/mol. The number of aromatic nitrogens is 2. The molecule has 3 nitrogen and oxygen atoms in total. The van der Waals surface area contributed by atoms with Crippen molar-refractivity contribution in [2.45, 2.75) is 27.3 Å². The molecule has 2 rings (SSSR count). The number of hydrogen-bond donors (Lipinski definition) is 1. The van der Waals surface area contributed by atoms with Crippen molar-refractivity contribution in [2.75, 3.05) is 7.05 Å². The van der Waals surface area contributed by atoms with Crippen LogP contribution in [0, 0.1) is 26.6 Å². The van der Waals surface area contributed by atoms with E-state index in [1.54, 1.807) is 6.07 Å². The quantitative estimate of drug-likeness (QED) is 0.903. The van der Waals surface area contributed by atoms with E-state index in [1.165, 1.54) is 17.7 Å². The first-order valence-corrected chi connectivity index (χ1v) is 6.00. The van der Waals surface area contributed by atoms with Crippen LogP contribution in [0.3, 0.4) is 0 Å². The Hall–Kier alpha value is -1.68. The molecule has 0 radical (unpaired) electrons. The fraction of sp³-hybridized carbons (Fsp3) is 0.357. The van der Waals surface area contributed by atoms with Gasteiger partial charge < -0.3 is 5.32 Å². The second-order valence-electron chi connectivity index (χ2n) is 4.52. The lowest BCUT2D eigenvalue weighted by Gasteiger charge is -2.08. The number of benzene rings is 1. The Balaban J connectivity index is 2.54. The fourth-order valence-electron chi connectivity index (χ4n) is 2.20. The van der Waals surface area contributed by atoms with Crippen LogP contribution in [0.4, 0.5) is 4.39 Å². The average molecular weight is 247 g/mol. The predicted octanol–water partition coefficient (Wildman–Crippen LogP) is 2.66. The van der Waals surface area contributed by atoms with Gasteiger partial charge in [0.25, 0.3) is 0 Å². The molecule has 1 aromatic carbocycles. The second-order valence-corrected chi connectivity index (χ2v) is 4.52. The highest BCUT2D eigenvalue weighted by molar-refractivity contribution is 5.43. The van der Waals surface area contributed by atoms with Gasteiger partial charge in [-0.1, -0.05) is 0 Å². The summed E-state index contributed by atoms with van der Waals surface area (Å²) in [4.78, 5) is 0. The van der Waals surface area contributed by atoms with Crippen LogP contribution >= 0.6 is 0 Å². The molecule has 0 saturated carbocycles. The van der Waals surface area contributed by atoms with Gasteiger partial charge in [0, 0.05) is 17.8 Å². The number of hydrogen-bond acceptors (Lipinski definition) is 2. The molecule has 4 heteroatoms. The van der Waals surface area contributed by atoms with Crippen molar-refractivity contribution in [3.63, 3.8) is 0 Å². The van der Waals surface area contributed by atoms with Crippen LogP contribution in [-0.2, 0) is 6.54 Å². The van der Waals surface area contributed by atoms with Crippen molar-refractivity contribution < 1.29 is 4.39 Å². The van der Waals surface area contributed by atoms with Crippen molar-refractivity contribution in [1.82, 2.24) is 15.1 Å². The summed E-state index contributed by atoms with van der Waals surface area (Å²) in [5.41, 5.74) is 5.11. The Labute approximate surface area is 107 Å². The molecule has 0 aliphatic rings. The molecular weight excluding hydrogens is 229 g/mol. The Morgan fingerprint density at radius 3 is 2.61 bits per heavy atom. The van der Waals surface area contributed by atoms with Gasteiger partial charge in [-0.3, -0.25) is 0 Å². The third kappa shape index (κ3) is 2.16. The first kappa shape index (κ1) is 12.8. The summed E-state index contributed by atoms with van der Waals surface area (Å²) in [6, 6.07) is 4.77. The van der Waals surface area contributed by atoms with Crippen molar-refractivity contribution in [2.24, 2.45) is 0 Å². The first-order valence-electron chi connectivity index (χ1n) is 6.00. The number of nitrogens with zero attached hydrogens (tertiary/aromatic N) is 2. The molecule has 2 aromatic rings. The normalized spacial score (nSPS) is 10.9. The van der Waals surface area contributed by atoms with Crippen molar-refractivity contribution >= 4 is 0 Å². The molecule has 1 N–H and O–H groups in total. The summed E-state index contributed by atoms with van der Waals surface area (Å²) in [7, 11) is 1.92. The lowest BCUT2D eigenvalue weighted by Crippen LogP contribution is -2.07. The Kier molecular flexibility index (Phi) is 3.48. The van der Waals surface area contributed by atoms with E-state index in [0.717, 1.165) is 29.2 Å². The maximum atomic E-state index is 13.1. The van der Waals surface area contributed by atoms with Gasteiger partial charge >= 0.3 is 0 Å². The van der Waals surface area contributed by atoms with E-state index in [0.29, 0.717) is 0 Å². The van der Waals surface area contributed by atoms with Gasteiger partial charge in [-0.05, 0) is 51.6 Å². The highest BCUT2D eigenvalue weighted by atomic mass is 19.1. The molecule has 0 amide bonds. The molecule has 0 bridgehead atoms. The van der Waals surface area contributed by atoms with E-state index >= 15 is 0 Å². The summed E-state index contributed by atoms with van der Waals surface area (Å²) in [5, 5.41) is 7.68. The first-order chi connectivity index (χ1) is 8.54. The Bertz CT molecular complexity index is 573. The van der Waals surface area contributed by atoms with Gasteiger partial charge in [0.2, 0.25) is 0 Å². The number of halogens is 1. The van der Waals surface area contributed by atoms with E-state index in [4.69, 9.17) is 0 Å². The van der Waals surface area contributed by atoms with Crippen LogP contribution in [0.2, 0.25) is 0 Å². The van der Waals surface area contributed by atoms with Crippen LogP contribution in [0.25, 0.3) is 5.69 Å². The van der Waals surface area contributed by atoms with Crippen LogP contribution < -0.4 is 5.32 Å². The molecule has 0 unspecified atom stereocenters. The lowest BCUT2D eigenvalue weighted by atomic mass is 10.1. The maximum absolute atomic E-state index is 13.1. The number of aryl methyl sites for hydroxylation is 2. The molecule has 0 spiro atoms. The fourth-order valence-corrected chi connectivity index (χ4v) is 2.20. The van der Waals surface area contributed by atoms with E-state index in [-0.39, 0.29) is 5.82 Å². The predicted molar refractivity (Wildman–Crippen MR) is 70.5 cm³/mol. The highest BCUT2D eigenvalue weighted by Crippen LogP contribution is 2.20. The molecule has 0 aliphatic heterocycles. The summed E-state index contributed by atoms with van der Waals surface area (Å²) in [6.45, 7) is 6.72. The van der Waals surface area contributed by atoms with Gasteiger partial charge in [0.1, 0.15) is 5.82 Å². The molecule has 96 valence electrons. The molecule has 0 fully saturated rings. The van der Waals surface area contributed by atoms with Gasteiger partial charge in [-0.15, -0.1) is 0 Å². The number of nitrogens with one attached hydrogen (secondary N) is 1. The smallest absolute Gasteiger partial charge is 0.123 e. The average Bonchev–Trinajstić information content (AvgIpc) is 2.58. The van der Waals surface area contributed by atoms with Gasteiger partial charge in [-0.2, -0.15) is 5.10 Å². The SMILES string of the molecule is CNCc1c(C)nn(-c2ccc(F)cc2C)c1C. The van der Waals surface area contributed by atoms with E-state index in [1.807, 2.05) is 32.5 Å². The summed E-state index contributed by atoms with van der Waals surface area (Å²) >= 11 is 0. The second kappa shape index (κ2) is 4.90. The van der Waals surface area contributed by atoms with E-state index in [9.17, 15) is 4.39 Å². The van der Waals surface area contributed by atoms with E-state index in [2.05, 4.69) is 10.4 Å². The van der Waals surface area contributed by atoms with Crippen molar-refractivity contribution in [3.05, 3.63) is 46.5 Å². The molecule has 18 heavy (non-hydrogen) atoms. The highest BCUT2D eigenvalue weighted by Gasteiger charge is 2.13. The molecule has 0 aliphatic carbocycles. The van der Waals surface area contributed by atoms with Gasteiger partial charge in [0.05, 0.1) is 11.4 Å². The minimum atomic E-state index is -0.215. The number of rotatable bonds is 3. The molecule has 0 saturated heterocycles. The van der Waals surface area contributed by atoms with Crippen LogP contribution in [0.1, 0.15) is 22.5 Å². The zero-order valence-electron chi connectivity index (χ0n) is 11.2. The minimum Gasteiger partial charge on any atom is -0.316 e. The summed E-state index contributed by atoms with van der Waals surface area (Å²) in [5.74, 6) is -0.215. The lowest BCUT2D eigenvalue weighted by molar-refractivity contribution is 0.625. The third-order valence-electron chi connectivity index (χ3n) is 3.18. The summed E-state index contributed by atoms with van der Waals surface area (Å²) in [6.07, 6.45) is 0. The van der Waals surface area contributed by atoms with Crippen LogP contribution in [0.15, 0.2) is 18.2 Å². The van der Waals surface area contributed by atoms with Crippen molar-refractivity contribution in [1.29, 1.82) is 0 Å². The molecule has 1 aromatic heterocycles. The van der Waals surface area contributed by atoms with Crippen LogP contribution in [-0.4, -0.2) is 16.8 Å². The topological polar surface area (TPSA) is 29.9 Å². The molecular formula is C14H18FN3. The maximum Gasteiger partial charge on any atom is 0.123 e. The van der Waals surface area contributed by atoms with E-state index < -0.39 is 0 Å². The minimum absolute atomic E-state index is 0.215. The van der Waals surface area contributed by atoms with Gasteiger partial charge in [0.15, 0.2) is 0 Å². The Morgan fingerprint density at radius 2 is 2.00 bits per heavy atom. The Morgan fingerprint density at radius 1 is 1.28 bits per heavy atom. The summed E-state index contributed by atoms with van der Waals surface area (Å²) < 4.78 is 15.0. The zero-order valence-corrected chi connectivity index (χ0v) is 11.2. The third-order valence-corrected chi connectivity index (χ3v) is 3.18. The van der Waals surface area contributed by atoms with Crippen molar-refractivity contribution in [3.8, 4) is 5.69 Å². The van der Waals surface area contributed by atoms with Gasteiger partial charge in [-0.25, -0.2) is 9.07 Å². The molecule has 1 heterocycles. The van der Waals surface area contributed by atoms with Crippen LogP contribution in [0.5, 0.6) is 0 Å². The zero-order chi connectivity index (χ0) is 13.3. The largest absolute Gasteiger partial charge is 0.316 e. The standard InChI is InChI=1S/C14H18FN3/c1-9-7-12(15)5-6-14(9)18-11(3)13(8-16-4)10(2)17-18/h5-7,16H,8H2,1-4H3. The molecule has 0 atom stereocenters.